The second-order valence-corrected chi connectivity index (χ2v) is 4.45. The summed E-state index contributed by atoms with van der Waals surface area (Å²) >= 11 is 0. The molecule has 0 spiro atoms. The van der Waals surface area contributed by atoms with Crippen LogP contribution in [0.1, 0.15) is 25.7 Å². The summed E-state index contributed by atoms with van der Waals surface area (Å²) in [6.45, 7) is 3.40. The van der Waals surface area contributed by atoms with Crippen molar-refractivity contribution in [1.29, 1.82) is 0 Å². The average Bonchev–Trinajstić information content (AvgIpc) is 2.71. The quantitative estimate of drug-likeness (QED) is 0.630. The van der Waals surface area contributed by atoms with Gasteiger partial charge in [0.1, 0.15) is 0 Å². The van der Waals surface area contributed by atoms with Gasteiger partial charge < -0.3 is 14.6 Å². The van der Waals surface area contributed by atoms with Gasteiger partial charge in [-0.25, -0.2) is 0 Å². The molecule has 0 aromatic heterocycles. The molecule has 4 nitrogen and oxygen atoms in total. The van der Waals surface area contributed by atoms with Gasteiger partial charge in [0, 0.05) is 33.9 Å². The van der Waals surface area contributed by atoms with E-state index >= 15 is 0 Å². The lowest BCUT2D eigenvalue weighted by Gasteiger charge is -2.14. The third-order valence-electron chi connectivity index (χ3n) is 3.28. The highest BCUT2D eigenvalue weighted by molar-refractivity contribution is 4.85. The molecule has 2 unspecified atom stereocenters. The first-order chi connectivity index (χ1) is 7.81. The van der Waals surface area contributed by atoms with Crippen LogP contribution in [-0.4, -0.2) is 62.7 Å². The minimum Gasteiger partial charge on any atom is -0.396 e. The highest BCUT2D eigenvalue weighted by Gasteiger charge is 2.32. The maximum atomic E-state index is 8.67. The number of unbranched alkanes of at least 4 members (excludes halogenated alkanes) is 3. The fourth-order valence-corrected chi connectivity index (χ4v) is 2.25. The van der Waals surface area contributed by atoms with Crippen LogP contribution in [0.3, 0.4) is 0 Å². The van der Waals surface area contributed by atoms with E-state index in [0.29, 0.717) is 6.61 Å². The van der Waals surface area contributed by atoms with E-state index in [1.807, 2.05) is 0 Å². The van der Waals surface area contributed by atoms with E-state index in [9.17, 15) is 0 Å². The summed E-state index contributed by atoms with van der Waals surface area (Å²) in [5, 5.41) is 8.67. The number of aliphatic hydroxyl groups excluding tert-OH is 1. The first kappa shape index (κ1) is 13.9. The van der Waals surface area contributed by atoms with Crippen LogP contribution in [0, 0.1) is 0 Å². The van der Waals surface area contributed by atoms with Crippen LogP contribution in [0.5, 0.6) is 0 Å². The van der Waals surface area contributed by atoms with Crippen molar-refractivity contribution in [1.82, 2.24) is 4.90 Å². The number of rotatable bonds is 8. The SMILES string of the molecule is COC1CN(CCCCCCO)CC1OC. The summed E-state index contributed by atoms with van der Waals surface area (Å²) in [5.41, 5.74) is 0. The molecule has 1 fully saturated rings. The lowest BCUT2D eigenvalue weighted by molar-refractivity contribution is -0.00461. The third kappa shape index (κ3) is 4.37. The minimum atomic E-state index is 0.224. The van der Waals surface area contributed by atoms with Gasteiger partial charge in [-0.2, -0.15) is 0 Å². The van der Waals surface area contributed by atoms with E-state index in [2.05, 4.69) is 4.90 Å². The van der Waals surface area contributed by atoms with Crippen LogP contribution in [0.25, 0.3) is 0 Å². The maximum Gasteiger partial charge on any atom is 0.0971 e. The molecule has 1 aliphatic heterocycles. The van der Waals surface area contributed by atoms with E-state index in [4.69, 9.17) is 14.6 Å². The fourth-order valence-electron chi connectivity index (χ4n) is 2.25. The zero-order chi connectivity index (χ0) is 11.8. The molecule has 0 aromatic carbocycles. The van der Waals surface area contributed by atoms with E-state index in [1.54, 1.807) is 14.2 Å². The Balaban J connectivity index is 2.10. The Labute approximate surface area is 98.5 Å². The Morgan fingerprint density at radius 3 is 2.06 bits per heavy atom. The van der Waals surface area contributed by atoms with Crippen molar-refractivity contribution in [2.75, 3.05) is 40.5 Å². The van der Waals surface area contributed by atoms with Gasteiger partial charge in [0.15, 0.2) is 0 Å². The van der Waals surface area contributed by atoms with Crippen molar-refractivity contribution in [2.45, 2.75) is 37.9 Å². The summed E-state index contributed by atoms with van der Waals surface area (Å²) in [5.74, 6) is 0. The normalized spacial score (nSPS) is 26.4. The molecular weight excluding hydrogens is 206 g/mol. The molecule has 0 radical (unpaired) electrons. The van der Waals surface area contributed by atoms with E-state index in [1.165, 1.54) is 12.8 Å². The topological polar surface area (TPSA) is 41.9 Å². The molecule has 96 valence electrons. The Hall–Kier alpha value is -0.160. The zero-order valence-electron chi connectivity index (χ0n) is 10.5. The largest absolute Gasteiger partial charge is 0.396 e. The highest BCUT2D eigenvalue weighted by Crippen LogP contribution is 2.16. The Morgan fingerprint density at radius 2 is 1.56 bits per heavy atom. The number of hydrogen-bond acceptors (Lipinski definition) is 4. The molecule has 1 aliphatic rings. The summed E-state index contributed by atoms with van der Waals surface area (Å²) in [6, 6.07) is 0. The molecule has 2 atom stereocenters. The van der Waals surface area contributed by atoms with E-state index < -0.39 is 0 Å². The number of aliphatic hydroxyl groups is 1. The van der Waals surface area contributed by atoms with Crippen LogP contribution >= 0.6 is 0 Å². The van der Waals surface area contributed by atoms with Crippen molar-refractivity contribution in [3.63, 3.8) is 0 Å². The summed E-state index contributed by atoms with van der Waals surface area (Å²) in [7, 11) is 3.50. The molecule has 0 aromatic rings. The molecule has 0 bridgehead atoms. The van der Waals surface area contributed by atoms with Crippen LogP contribution in [0.4, 0.5) is 0 Å². The molecule has 16 heavy (non-hydrogen) atoms. The standard InChI is InChI=1S/C12H25NO3/c1-15-11-9-13(10-12(11)16-2)7-5-3-4-6-8-14/h11-12,14H,3-10H2,1-2H3. The van der Waals surface area contributed by atoms with Crippen molar-refractivity contribution >= 4 is 0 Å². The predicted molar refractivity (Wildman–Crippen MR) is 63.6 cm³/mol. The monoisotopic (exact) mass is 231 g/mol. The number of ether oxygens (including phenoxy) is 2. The first-order valence-corrected chi connectivity index (χ1v) is 6.20. The van der Waals surface area contributed by atoms with Gasteiger partial charge in [-0.1, -0.05) is 12.8 Å². The molecule has 4 heteroatoms. The van der Waals surface area contributed by atoms with Crippen LogP contribution in [0.2, 0.25) is 0 Å². The highest BCUT2D eigenvalue weighted by atomic mass is 16.5. The molecule has 0 aliphatic carbocycles. The maximum absolute atomic E-state index is 8.67. The number of hydrogen-bond donors (Lipinski definition) is 1. The lowest BCUT2D eigenvalue weighted by atomic mass is 10.2. The van der Waals surface area contributed by atoms with E-state index in [0.717, 1.165) is 32.5 Å². The molecular formula is C12H25NO3. The van der Waals surface area contributed by atoms with Gasteiger partial charge in [0.2, 0.25) is 0 Å². The Kier molecular flexibility index (Phi) is 6.96. The first-order valence-electron chi connectivity index (χ1n) is 6.20. The Bertz CT molecular complexity index is 166. The van der Waals surface area contributed by atoms with Gasteiger partial charge in [0.25, 0.3) is 0 Å². The van der Waals surface area contributed by atoms with Crippen molar-refractivity contribution in [3.8, 4) is 0 Å². The molecule has 1 rings (SSSR count). The predicted octanol–water partition coefficient (Wildman–Crippen LogP) is 0.885. The molecule has 0 amide bonds. The van der Waals surface area contributed by atoms with Gasteiger partial charge >= 0.3 is 0 Å². The van der Waals surface area contributed by atoms with Crippen LogP contribution < -0.4 is 0 Å². The average molecular weight is 231 g/mol. The minimum absolute atomic E-state index is 0.224. The second kappa shape index (κ2) is 8.01. The third-order valence-corrected chi connectivity index (χ3v) is 3.28. The van der Waals surface area contributed by atoms with Gasteiger partial charge in [-0.15, -0.1) is 0 Å². The lowest BCUT2D eigenvalue weighted by Crippen LogP contribution is -2.27. The fraction of sp³-hybridized carbons (Fsp3) is 1.00. The molecule has 1 heterocycles. The number of nitrogens with zero attached hydrogens (tertiary/aromatic N) is 1. The second-order valence-electron chi connectivity index (χ2n) is 4.45. The van der Waals surface area contributed by atoms with Crippen LogP contribution in [-0.2, 0) is 9.47 Å². The van der Waals surface area contributed by atoms with E-state index in [-0.39, 0.29) is 12.2 Å². The Morgan fingerprint density at radius 1 is 1.00 bits per heavy atom. The zero-order valence-corrected chi connectivity index (χ0v) is 10.5. The summed E-state index contributed by atoms with van der Waals surface area (Å²) in [4.78, 5) is 2.40. The molecule has 1 N–H and O–H groups in total. The molecule has 1 saturated heterocycles. The van der Waals surface area contributed by atoms with Gasteiger partial charge in [0.05, 0.1) is 12.2 Å². The van der Waals surface area contributed by atoms with Crippen LogP contribution in [0.15, 0.2) is 0 Å². The van der Waals surface area contributed by atoms with Gasteiger partial charge in [-0.05, 0) is 19.4 Å². The number of likely N-dealkylation sites (tertiary alicyclic amines) is 1. The number of methoxy groups -OCH3 is 2. The van der Waals surface area contributed by atoms with Gasteiger partial charge in [-0.3, -0.25) is 4.90 Å². The summed E-state index contributed by atoms with van der Waals surface area (Å²) < 4.78 is 10.8. The summed E-state index contributed by atoms with van der Waals surface area (Å²) in [6.07, 6.45) is 4.91. The van der Waals surface area contributed by atoms with Crippen molar-refractivity contribution in [2.24, 2.45) is 0 Å². The van der Waals surface area contributed by atoms with Crippen molar-refractivity contribution in [3.05, 3.63) is 0 Å². The van der Waals surface area contributed by atoms with Crippen molar-refractivity contribution < 1.29 is 14.6 Å². The smallest absolute Gasteiger partial charge is 0.0971 e. The molecule has 0 saturated carbocycles.